The summed E-state index contributed by atoms with van der Waals surface area (Å²) in [7, 11) is 0. The molecule has 0 amide bonds. The number of nitrogens with zero attached hydrogens (tertiary/aromatic N) is 1. The van der Waals surface area contributed by atoms with Gasteiger partial charge in [-0.1, -0.05) is 6.92 Å². The number of aliphatic hydroxyl groups is 1. The van der Waals surface area contributed by atoms with Crippen molar-refractivity contribution in [1.82, 2.24) is 9.97 Å². The van der Waals surface area contributed by atoms with Gasteiger partial charge in [-0.3, -0.25) is 4.79 Å². The van der Waals surface area contributed by atoms with Crippen molar-refractivity contribution in [1.29, 1.82) is 0 Å². The lowest BCUT2D eigenvalue weighted by Crippen LogP contribution is -2.17. The van der Waals surface area contributed by atoms with Crippen molar-refractivity contribution >= 4 is 11.8 Å². The minimum Gasteiger partial charge on any atom is -0.392 e. The van der Waals surface area contributed by atoms with E-state index in [-0.39, 0.29) is 10.8 Å². The van der Waals surface area contributed by atoms with Crippen molar-refractivity contribution in [2.45, 2.75) is 49.0 Å². The topological polar surface area (TPSA) is 66.0 Å². The molecule has 1 aliphatic rings. The summed E-state index contributed by atoms with van der Waals surface area (Å²) in [6.07, 6.45) is 1.82. The maximum absolute atomic E-state index is 11.4. The molecule has 5 heteroatoms. The summed E-state index contributed by atoms with van der Waals surface area (Å²) in [6.45, 7) is 3.67. The first-order chi connectivity index (χ1) is 7.56. The summed E-state index contributed by atoms with van der Waals surface area (Å²) in [5.41, 5.74) is -0.0998. The van der Waals surface area contributed by atoms with Gasteiger partial charge in [-0.15, -0.1) is 11.8 Å². The minimum absolute atomic E-state index is 0.0429. The summed E-state index contributed by atoms with van der Waals surface area (Å²) in [5.74, 6) is 1.24. The van der Waals surface area contributed by atoms with Crippen LogP contribution in [0.15, 0.2) is 15.9 Å². The predicted molar refractivity (Wildman–Crippen MR) is 63.8 cm³/mol. The van der Waals surface area contributed by atoms with E-state index in [0.717, 1.165) is 18.7 Å². The van der Waals surface area contributed by atoms with Gasteiger partial charge >= 0.3 is 0 Å². The van der Waals surface area contributed by atoms with Gasteiger partial charge in [0.25, 0.3) is 5.56 Å². The molecule has 2 unspecified atom stereocenters. The molecule has 2 rings (SSSR count). The molecule has 88 valence electrons. The molecule has 2 atom stereocenters. The highest BCUT2D eigenvalue weighted by atomic mass is 32.2. The van der Waals surface area contributed by atoms with Gasteiger partial charge in [-0.2, -0.15) is 0 Å². The Morgan fingerprint density at radius 1 is 1.56 bits per heavy atom. The standard InChI is InChI=1S/C11H16N2O2S/c1-6(14)7(2)16-10-5-9(15)12-11(13-10)8-3-4-8/h5-8,14H,3-4H2,1-2H3,(H,12,13,15). The Kier molecular flexibility index (Phi) is 3.35. The number of aliphatic hydroxyl groups excluding tert-OH is 1. The van der Waals surface area contributed by atoms with E-state index in [0.29, 0.717) is 10.9 Å². The Bertz CT molecular complexity index is 426. The summed E-state index contributed by atoms with van der Waals surface area (Å²) in [4.78, 5) is 18.6. The molecule has 0 bridgehead atoms. The molecule has 1 aromatic rings. The van der Waals surface area contributed by atoms with E-state index in [4.69, 9.17) is 0 Å². The van der Waals surface area contributed by atoms with Gasteiger partial charge in [0.15, 0.2) is 0 Å². The molecule has 1 heterocycles. The Labute approximate surface area is 98.5 Å². The van der Waals surface area contributed by atoms with E-state index in [1.54, 1.807) is 6.92 Å². The molecule has 1 aliphatic carbocycles. The van der Waals surface area contributed by atoms with Crippen LogP contribution in [0.25, 0.3) is 0 Å². The molecule has 0 aliphatic heterocycles. The van der Waals surface area contributed by atoms with Crippen LogP contribution < -0.4 is 5.56 Å². The van der Waals surface area contributed by atoms with Crippen LogP contribution >= 0.6 is 11.8 Å². The summed E-state index contributed by atoms with van der Waals surface area (Å²) >= 11 is 1.44. The zero-order valence-corrected chi connectivity index (χ0v) is 10.3. The number of nitrogens with one attached hydrogen (secondary N) is 1. The largest absolute Gasteiger partial charge is 0.392 e. The van der Waals surface area contributed by atoms with Crippen LogP contribution in [0.4, 0.5) is 0 Å². The van der Waals surface area contributed by atoms with Crippen LogP contribution in [0, 0.1) is 0 Å². The molecule has 0 radical (unpaired) electrons. The lowest BCUT2D eigenvalue weighted by atomic mass is 10.3. The van der Waals surface area contributed by atoms with Gasteiger partial charge < -0.3 is 10.1 Å². The van der Waals surface area contributed by atoms with Gasteiger partial charge in [-0.05, 0) is 19.8 Å². The molecule has 16 heavy (non-hydrogen) atoms. The number of hydrogen-bond donors (Lipinski definition) is 2. The third-order valence-corrected chi connectivity index (χ3v) is 3.90. The molecule has 0 spiro atoms. The smallest absolute Gasteiger partial charge is 0.251 e. The monoisotopic (exact) mass is 240 g/mol. The number of aromatic amines is 1. The third kappa shape index (κ3) is 2.86. The number of thioether (sulfide) groups is 1. The van der Waals surface area contributed by atoms with E-state index in [1.165, 1.54) is 17.8 Å². The zero-order valence-electron chi connectivity index (χ0n) is 9.43. The number of aromatic nitrogens is 2. The van der Waals surface area contributed by atoms with Crippen molar-refractivity contribution in [3.63, 3.8) is 0 Å². The quantitative estimate of drug-likeness (QED) is 0.618. The molecule has 0 aromatic carbocycles. The highest BCUT2D eigenvalue weighted by Gasteiger charge is 2.26. The van der Waals surface area contributed by atoms with Gasteiger partial charge in [0, 0.05) is 17.2 Å². The Morgan fingerprint density at radius 2 is 2.25 bits per heavy atom. The van der Waals surface area contributed by atoms with Crippen molar-refractivity contribution in [2.75, 3.05) is 0 Å². The fraction of sp³-hybridized carbons (Fsp3) is 0.636. The second-order valence-corrected chi connectivity index (χ2v) is 5.70. The maximum atomic E-state index is 11.4. The normalized spacial score (nSPS) is 19.4. The first-order valence-electron chi connectivity index (χ1n) is 5.52. The second kappa shape index (κ2) is 4.59. The van der Waals surface area contributed by atoms with Crippen LogP contribution in [-0.2, 0) is 0 Å². The Morgan fingerprint density at radius 3 is 2.81 bits per heavy atom. The lowest BCUT2D eigenvalue weighted by Gasteiger charge is -2.13. The van der Waals surface area contributed by atoms with E-state index >= 15 is 0 Å². The molecule has 1 fully saturated rings. The van der Waals surface area contributed by atoms with Gasteiger partial charge in [0.05, 0.1) is 6.10 Å². The predicted octanol–water partition coefficient (Wildman–Crippen LogP) is 1.51. The van der Waals surface area contributed by atoms with Crippen LogP contribution in [0.3, 0.4) is 0 Å². The summed E-state index contributed by atoms with van der Waals surface area (Å²) < 4.78 is 0. The van der Waals surface area contributed by atoms with E-state index in [1.807, 2.05) is 6.92 Å². The van der Waals surface area contributed by atoms with Crippen molar-refractivity contribution in [3.05, 3.63) is 22.2 Å². The van der Waals surface area contributed by atoms with Crippen LogP contribution in [0.2, 0.25) is 0 Å². The Hall–Kier alpha value is -0.810. The fourth-order valence-corrected chi connectivity index (χ4v) is 2.26. The molecule has 2 N–H and O–H groups in total. The zero-order chi connectivity index (χ0) is 11.7. The lowest BCUT2D eigenvalue weighted by molar-refractivity contribution is 0.196. The first-order valence-corrected chi connectivity index (χ1v) is 6.40. The molecular weight excluding hydrogens is 224 g/mol. The SMILES string of the molecule is CC(O)C(C)Sc1cc(=O)[nH]c(C2CC2)n1. The molecular formula is C11H16N2O2S. The number of rotatable bonds is 4. The van der Waals surface area contributed by atoms with Crippen LogP contribution in [0.1, 0.15) is 38.4 Å². The Balaban J connectivity index is 2.17. The maximum Gasteiger partial charge on any atom is 0.251 e. The van der Waals surface area contributed by atoms with Crippen molar-refractivity contribution in [3.8, 4) is 0 Å². The average Bonchev–Trinajstić information content (AvgIpc) is 2.99. The molecule has 1 saturated carbocycles. The molecule has 4 nitrogen and oxygen atoms in total. The van der Waals surface area contributed by atoms with Crippen molar-refractivity contribution in [2.24, 2.45) is 0 Å². The highest BCUT2D eigenvalue weighted by Crippen LogP contribution is 2.38. The molecule has 1 aromatic heterocycles. The number of hydrogen-bond acceptors (Lipinski definition) is 4. The van der Waals surface area contributed by atoms with Crippen LogP contribution in [0.5, 0.6) is 0 Å². The number of H-pyrrole nitrogens is 1. The van der Waals surface area contributed by atoms with Gasteiger partial charge in [0.2, 0.25) is 0 Å². The fourth-order valence-electron chi connectivity index (χ4n) is 1.35. The van der Waals surface area contributed by atoms with Gasteiger partial charge in [0.1, 0.15) is 10.9 Å². The van der Waals surface area contributed by atoms with Crippen LogP contribution in [-0.4, -0.2) is 26.4 Å². The van der Waals surface area contributed by atoms with E-state index in [9.17, 15) is 9.90 Å². The second-order valence-electron chi connectivity index (χ2n) is 4.31. The van der Waals surface area contributed by atoms with E-state index in [2.05, 4.69) is 9.97 Å². The van der Waals surface area contributed by atoms with Crippen molar-refractivity contribution < 1.29 is 5.11 Å². The average molecular weight is 240 g/mol. The van der Waals surface area contributed by atoms with E-state index < -0.39 is 6.10 Å². The molecule has 0 saturated heterocycles. The minimum atomic E-state index is -0.407. The first kappa shape index (κ1) is 11.7. The van der Waals surface area contributed by atoms with Gasteiger partial charge in [-0.25, -0.2) is 4.98 Å². The summed E-state index contributed by atoms with van der Waals surface area (Å²) in [5, 5.41) is 10.2. The summed E-state index contributed by atoms with van der Waals surface area (Å²) in [6, 6.07) is 1.50. The highest BCUT2D eigenvalue weighted by molar-refractivity contribution is 7.99. The third-order valence-electron chi connectivity index (χ3n) is 2.69.